The molecular weight excluding hydrogens is 568 g/mol. The van der Waals surface area contributed by atoms with Crippen molar-refractivity contribution in [3.63, 3.8) is 0 Å². The summed E-state index contributed by atoms with van der Waals surface area (Å²) in [7, 11) is 0. The van der Waals surface area contributed by atoms with Gasteiger partial charge in [0.15, 0.2) is 10.9 Å². The smallest absolute Gasteiger partial charge is 0.319 e. The van der Waals surface area contributed by atoms with Gasteiger partial charge in [-0.3, -0.25) is 4.90 Å². The Labute approximate surface area is 245 Å². The van der Waals surface area contributed by atoms with Crippen molar-refractivity contribution in [2.45, 2.75) is 57.2 Å². The molecule has 2 aromatic carbocycles. The van der Waals surface area contributed by atoms with Crippen LogP contribution in [0.3, 0.4) is 0 Å². The lowest BCUT2D eigenvalue weighted by Crippen LogP contribution is -2.52. The van der Waals surface area contributed by atoms with E-state index in [4.69, 9.17) is 27.1 Å². The van der Waals surface area contributed by atoms with Crippen molar-refractivity contribution >= 4 is 55.0 Å². The number of anilines is 2. The fourth-order valence-electron chi connectivity index (χ4n) is 6.70. The predicted octanol–water partition coefficient (Wildman–Crippen LogP) is 5.61. The average molecular weight is 600 g/mol. The van der Waals surface area contributed by atoms with Gasteiger partial charge in [-0.15, -0.1) is 0 Å². The quantitative estimate of drug-likeness (QED) is 0.295. The van der Waals surface area contributed by atoms with E-state index in [9.17, 15) is 4.39 Å². The molecule has 8 nitrogen and oxygen atoms in total. The SMILES string of the molecule is CC(CN1CCCCC1)Oc1nc(N2C3CCC2CNC3)c2cc(Cl)c(-c3ccc(F)c4sc(N)nc34)c(F)c2n1. The number of fused-ring (bicyclic) bond motifs is 4. The van der Waals surface area contributed by atoms with Crippen LogP contribution in [-0.2, 0) is 0 Å². The van der Waals surface area contributed by atoms with Crippen molar-refractivity contribution in [3.05, 3.63) is 34.9 Å². The summed E-state index contributed by atoms with van der Waals surface area (Å²) >= 11 is 7.83. The van der Waals surface area contributed by atoms with Gasteiger partial charge in [0.1, 0.15) is 23.3 Å². The molecule has 3 aliphatic heterocycles. The highest BCUT2D eigenvalue weighted by Crippen LogP contribution is 2.44. The second-order valence-corrected chi connectivity index (χ2v) is 12.8. The Hall–Kier alpha value is -2.86. The van der Waals surface area contributed by atoms with Crippen molar-refractivity contribution in [2.75, 3.05) is 43.4 Å². The maximum Gasteiger partial charge on any atom is 0.319 e. The van der Waals surface area contributed by atoms with Crippen LogP contribution in [0.1, 0.15) is 39.0 Å². The number of ether oxygens (including phenoxy) is 1. The van der Waals surface area contributed by atoms with Crippen LogP contribution in [-0.4, -0.2) is 70.8 Å². The highest BCUT2D eigenvalue weighted by atomic mass is 35.5. The van der Waals surface area contributed by atoms with E-state index in [1.54, 1.807) is 6.07 Å². The Bertz CT molecular complexity index is 1610. The Morgan fingerprint density at radius 1 is 1.10 bits per heavy atom. The minimum absolute atomic E-state index is 0.106. The molecule has 0 amide bonds. The van der Waals surface area contributed by atoms with Crippen molar-refractivity contribution in [2.24, 2.45) is 0 Å². The minimum atomic E-state index is -0.619. The normalized spacial score (nSPS) is 22.1. The van der Waals surface area contributed by atoms with Gasteiger partial charge < -0.3 is 20.7 Å². The second kappa shape index (κ2) is 10.8. The number of piperidine rings is 1. The standard InChI is InChI=1S/C29H32ClF2N7OS/c1-15(14-38-9-3-2-4-10-38)40-29-36-24-19(27(37-29)39-16-5-6-17(39)13-34-12-16)11-20(30)22(23(24)32)18-7-8-21(31)26-25(18)35-28(33)41-26/h7-8,11,15-17,34H,2-6,9-10,12-14H2,1H3,(H2,33,35). The van der Waals surface area contributed by atoms with E-state index in [1.807, 2.05) is 6.92 Å². The third kappa shape index (κ3) is 4.86. The Balaban J connectivity index is 1.37. The molecule has 3 aliphatic rings. The monoisotopic (exact) mass is 599 g/mol. The number of nitrogens with one attached hydrogen (secondary N) is 1. The topological polar surface area (TPSA) is 92.4 Å². The first-order valence-corrected chi connectivity index (χ1v) is 15.5. The molecule has 0 radical (unpaired) electrons. The van der Waals surface area contributed by atoms with Gasteiger partial charge in [0.05, 0.1) is 15.2 Å². The van der Waals surface area contributed by atoms with Crippen LogP contribution >= 0.6 is 22.9 Å². The number of piperazine rings is 1. The predicted molar refractivity (Wildman–Crippen MR) is 160 cm³/mol. The lowest BCUT2D eigenvalue weighted by molar-refractivity contribution is 0.123. The minimum Gasteiger partial charge on any atom is -0.459 e. The van der Waals surface area contributed by atoms with Crippen LogP contribution < -0.4 is 20.7 Å². The first-order valence-electron chi connectivity index (χ1n) is 14.3. The third-order valence-electron chi connectivity index (χ3n) is 8.52. The lowest BCUT2D eigenvalue weighted by atomic mass is 10.0. The van der Waals surface area contributed by atoms with Crippen molar-refractivity contribution in [1.82, 2.24) is 25.2 Å². The highest BCUT2D eigenvalue weighted by Gasteiger charge is 2.39. The number of nitrogens with two attached hydrogens (primary N) is 1. The molecule has 3 unspecified atom stereocenters. The van der Waals surface area contributed by atoms with Crippen LogP contribution in [0.25, 0.3) is 32.2 Å². The summed E-state index contributed by atoms with van der Waals surface area (Å²) in [6.45, 7) is 6.51. The maximum absolute atomic E-state index is 16.7. The number of nitrogen functional groups attached to an aromatic ring is 1. The molecule has 4 aromatic rings. The van der Waals surface area contributed by atoms with E-state index in [-0.39, 0.29) is 55.6 Å². The molecule has 3 N–H and O–H groups in total. The molecule has 0 saturated carbocycles. The molecule has 7 rings (SSSR count). The molecule has 216 valence electrons. The molecule has 3 saturated heterocycles. The van der Waals surface area contributed by atoms with Crippen LogP contribution in [0.15, 0.2) is 18.2 Å². The summed E-state index contributed by atoms with van der Waals surface area (Å²) in [4.78, 5) is 18.5. The Morgan fingerprint density at radius 2 is 1.85 bits per heavy atom. The largest absolute Gasteiger partial charge is 0.459 e. The van der Waals surface area contributed by atoms with Gasteiger partial charge in [-0.1, -0.05) is 29.4 Å². The number of halogens is 3. The van der Waals surface area contributed by atoms with E-state index in [0.29, 0.717) is 16.8 Å². The van der Waals surface area contributed by atoms with E-state index in [1.165, 1.54) is 31.4 Å². The Kier molecular flexibility index (Phi) is 7.09. The number of rotatable bonds is 6. The zero-order valence-corrected chi connectivity index (χ0v) is 24.4. The number of hydrogen-bond donors (Lipinski definition) is 2. The van der Waals surface area contributed by atoms with Crippen molar-refractivity contribution in [1.29, 1.82) is 0 Å². The van der Waals surface area contributed by atoms with Crippen molar-refractivity contribution in [3.8, 4) is 17.1 Å². The van der Waals surface area contributed by atoms with Crippen LogP contribution in [0.4, 0.5) is 19.7 Å². The van der Waals surface area contributed by atoms with E-state index < -0.39 is 11.6 Å². The molecule has 0 aliphatic carbocycles. The number of aromatic nitrogens is 3. The molecular formula is C29H32ClF2N7OS. The van der Waals surface area contributed by atoms with Gasteiger partial charge in [0.25, 0.3) is 0 Å². The first kappa shape index (κ1) is 27.0. The molecule has 3 fully saturated rings. The van der Waals surface area contributed by atoms with Gasteiger partial charge in [0.2, 0.25) is 0 Å². The number of thiazole rings is 1. The van der Waals surface area contributed by atoms with Gasteiger partial charge in [0, 0.05) is 48.2 Å². The molecule has 2 bridgehead atoms. The summed E-state index contributed by atoms with van der Waals surface area (Å²) in [6, 6.07) is 5.12. The zero-order chi connectivity index (χ0) is 28.2. The lowest BCUT2D eigenvalue weighted by Gasteiger charge is -2.37. The maximum atomic E-state index is 16.7. The van der Waals surface area contributed by atoms with E-state index in [0.717, 1.165) is 56.9 Å². The molecule has 0 spiro atoms. The van der Waals surface area contributed by atoms with Gasteiger partial charge in [-0.05, 0) is 63.9 Å². The summed E-state index contributed by atoms with van der Waals surface area (Å²) in [5, 5.41) is 4.40. The molecule has 2 aromatic heterocycles. The molecule has 3 atom stereocenters. The molecule has 5 heterocycles. The number of hydrogen-bond acceptors (Lipinski definition) is 9. The second-order valence-electron chi connectivity index (χ2n) is 11.3. The van der Waals surface area contributed by atoms with Gasteiger partial charge in [-0.2, -0.15) is 9.97 Å². The van der Waals surface area contributed by atoms with Gasteiger partial charge in [-0.25, -0.2) is 13.8 Å². The van der Waals surface area contributed by atoms with Gasteiger partial charge >= 0.3 is 6.01 Å². The van der Waals surface area contributed by atoms with Crippen LogP contribution in [0.2, 0.25) is 5.02 Å². The summed E-state index contributed by atoms with van der Waals surface area (Å²) < 4.78 is 37.8. The fourth-order valence-corrected chi connectivity index (χ4v) is 7.76. The summed E-state index contributed by atoms with van der Waals surface area (Å²) in [5.74, 6) is -0.447. The molecule has 41 heavy (non-hydrogen) atoms. The number of benzene rings is 2. The average Bonchev–Trinajstić information content (AvgIpc) is 3.46. The zero-order valence-electron chi connectivity index (χ0n) is 22.8. The number of likely N-dealkylation sites (tertiary alicyclic amines) is 1. The van der Waals surface area contributed by atoms with Crippen LogP contribution in [0.5, 0.6) is 6.01 Å². The summed E-state index contributed by atoms with van der Waals surface area (Å²) in [5.41, 5.74) is 6.76. The van der Waals surface area contributed by atoms with Crippen molar-refractivity contribution < 1.29 is 13.5 Å². The highest BCUT2D eigenvalue weighted by molar-refractivity contribution is 7.22. The Morgan fingerprint density at radius 3 is 2.61 bits per heavy atom. The first-order chi connectivity index (χ1) is 19.9. The number of nitrogens with zero attached hydrogens (tertiary/aromatic N) is 5. The fraction of sp³-hybridized carbons (Fsp3) is 0.483. The van der Waals surface area contributed by atoms with Crippen LogP contribution in [0, 0.1) is 11.6 Å². The summed E-state index contributed by atoms with van der Waals surface area (Å²) in [6.07, 6.45) is 5.50. The van der Waals surface area contributed by atoms with E-state index >= 15 is 4.39 Å². The molecule has 12 heteroatoms. The third-order valence-corrected chi connectivity index (χ3v) is 9.71. The van der Waals surface area contributed by atoms with E-state index in [2.05, 4.69) is 25.1 Å².